The highest BCUT2D eigenvalue weighted by atomic mass is 16.5. The van der Waals surface area contributed by atoms with Crippen molar-refractivity contribution in [3.05, 3.63) is 24.3 Å². The Bertz CT molecular complexity index is 333. The Morgan fingerprint density at radius 1 is 1.11 bits per heavy atom. The van der Waals surface area contributed by atoms with Gasteiger partial charge in [0, 0.05) is 25.5 Å². The summed E-state index contributed by atoms with van der Waals surface area (Å²) in [6.45, 7) is 3.76. The zero-order valence-corrected chi connectivity index (χ0v) is 10.6. The van der Waals surface area contributed by atoms with Crippen molar-refractivity contribution in [3.8, 4) is 5.75 Å². The van der Waals surface area contributed by atoms with Gasteiger partial charge in [-0.1, -0.05) is 0 Å². The van der Waals surface area contributed by atoms with Gasteiger partial charge in [0.2, 0.25) is 0 Å². The van der Waals surface area contributed by atoms with E-state index in [4.69, 9.17) is 19.9 Å². The molecule has 18 heavy (non-hydrogen) atoms. The molecular formula is C14H21NO3. The second kappa shape index (κ2) is 7.24. The van der Waals surface area contributed by atoms with E-state index in [0.29, 0.717) is 19.1 Å². The third-order valence-corrected chi connectivity index (χ3v) is 3.07. The molecule has 100 valence electrons. The molecule has 4 heteroatoms. The molecule has 0 saturated carbocycles. The summed E-state index contributed by atoms with van der Waals surface area (Å²) in [5.41, 5.74) is 6.34. The molecule has 0 radical (unpaired) electrons. The Kier molecular flexibility index (Phi) is 5.30. The second-order valence-corrected chi connectivity index (χ2v) is 4.55. The fourth-order valence-corrected chi connectivity index (χ4v) is 1.95. The predicted molar refractivity (Wildman–Crippen MR) is 70.7 cm³/mol. The van der Waals surface area contributed by atoms with Gasteiger partial charge < -0.3 is 19.9 Å². The maximum atomic E-state index is 5.61. The van der Waals surface area contributed by atoms with E-state index in [-0.39, 0.29) is 0 Å². The summed E-state index contributed by atoms with van der Waals surface area (Å²) in [6.07, 6.45) is 2.22. The van der Waals surface area contributed by atoms with Crippen molar-refractivity contribution in [3.63, 3.8) is 0 Å². The number of ether oxygens (including phenoxy) is 3. The van der Waals surface area contributed by atoms with Crippen LogP contribution in [0, 0.1) is 5.92 Å². The van der Waals surface area contributed by atoms with Gasteiger partial charge in [-0.05, 0) is 43.0 Å². The van der Waals surface area contributed by atoms with Crippen molar-refractivity contribution in [1.29, 1.82) is 0 Å². The van der Waals surface area contributed by atoms with Crippen LogP contribution >= 0.6 is 0 Å². The minimum Gasteiger partial charge on any atom is -0.491 e. The van der Waals surface area contributed by atoms with Crippen LogP contribution in [0.25, 0.3) is 0 Å². The number of hydrogen-bond acceptors (Lipinski definition) is 4. The fourth-order valence-electron chi connectivity index (χ4n) is 1.95. The van der Waals surface area contributed by atoms with Crippen LogP contribution in [0.15, 0.2) is 24.3 Å². The number of rotatable bonds is 6. The second-order valence-electron chi connectivity index (χ2n) is 4.55. The van der Waals surface area contributed by atoms with Gasteiger partial charge in [-0.2, -0.15) is 0 Å². The summed E-state index contributed by atoms with van der Waals surface area (Å²) in [5, 5.41) is 0. The average Bonchev–Trinajstić information content (AvgIpc) is 2.42. The summed E-state index contributed by atoms with van der Waals surface area (Å²) in [7, 11) is 0. The molecule has 1 aromatic rings. The van der Waals surface area contributed by atoms with Crippen molar-refractivity contribution >= 4 is 5.69 Å². The van der Waals surface area contributed by atoms with Gasteiger partial charge in [0.15, 0.2) is 0 Å². The Balaban J connectivity index is 1.54. The highest BCUT2D eigenvalue weighted by Gasteiger charge is 2.13. The first-order valence-electron chi connectivity index (χ1n) is 6.48. The van der Waals surface area contributed by atoms with E-state index in [9.17, 15) is 0 Å². The molecule has 0 atom stereocenters. The van der Waals surface area contributed by atoms with Crippen molar-refractivity contribution in [2.75, 3.05) is 38.8 Å². The van der Waals surface area contributed by atoms with Crippen molar-refractivity contribution in [1.82, 2.24) is 0 Å². The lowest BCUT2D eigenvalue weighted by molar-refractivity contribution is 0.0139. The lowest BCUT2D eigenvalue weighted by Crippen LogP contribution is -2.21. The zero-order chi connectivity index (χ0) is 12.6. The molecule has 0 aromatic heterocycles. The molecular weight excluding hydrogens is 230 g/mol. The lowest BCUT2D eigenvalue weighted by Gasteiger charge is -2.21. The van der Waals surface area contributed by atoms with Gasteiger partial charge >= 0.3 is 0 Å². The van der Waals surface area contributed by atoms with E-state index in [1.807, 2.05) is 24.3 Å². The van der Waals surface area contributed by atoms with Crippen LogP contribution < -0.4 is 10.5 Å². The SMILES string of the molecule is Nc1ccc(OCCOCC2CCOCC2)cc1. The van der Waals surface area contributed by atoms with E-state index < -0.39 is 0 Å². The molecule has 1 heterocycles. The molecule has 1 aliphatic rings. The number of anilines is 1. The molecule has 0 unspecified atom stereocenters. The first-order chi connectivity index (χ1) is 8.84. The van der Waals surface area contributed by atoms with E-state index in [2.05, 4.69) is 0 Å². The Labute approximate surface area is 108 Å². The summed E-state index contributed by atoms with van der Waals surface area (Å²) >= 11 is 0. The number of nitrogen functional groups attached to an aromatic ring is 1. The maximum absolute atomic E-state index is 5.61. The van der Waals surface area contributed by atoms with Crippen LogP contribution in [0.4, 0.5) is 5.69 Å². The van der Waals surface area contributed by atoms with Crippen molar-refractivity contribution < 1.29 is 14.2 Å². The van der Waals surface area contributed by atoms with Gasteiger partial charge in [-0.3, -0.25) is 0 Å². The number of nitrogens with two attached hydrogens (primary N) is 1. The van der Waals surface area contributed by atoms with E-state index in [0.717, 1.165) is 44.1 Å². The summed E-state index contributed by atoms with van der Waals surface area (Å²) in [5.74, 6) is 1.48. The molecule has 2 rings (SSSR count). The largest absolute Gasteiger partial charge is 0.491 e. The predicted octanol–water partition coefficient (Wildman–Crippen LogP) is 2.09. The van der Waals surface area contributed by atoms with Gasteiger partial charge in [-0.15, -0.1) is 0 Å². The topological polar surface area (TPSA) is 53.7 Å². The average molecular weight is 251 g/mol. The number of hydrogen-bond donors (Lipinski definition) is 1. The molecule has 0 bridgehead atoms. The van der Waals surface area contributed by atoms with Gasteiger partial charge in [0.25, 0.3) is 0 Å². The van der Waals surface area contributed by atoms with Crippen LogP contribution in [0.2, 0.25) is 0 Å². The summed E-state index contributed by atoms with van der Waals surface area (Å²) in [6, 6.07) is 7.40. The fraction of sp³-hybridized carbons (Fsp3) is 0.571. The standard InChI is InChI=1S/C14H21NO3/c15-13-1-3-14(4-2-13)18-10-9-17-11-12-5-7-16-8-6-12/h1-4,12H,5-11,15H2. The molecule has 1 fully saturated rings. The van der Waals surface area contributed by atoms with Gasteiger partial charge in [0.1, 0.15) is 12.4 Å². The highest BCUT2D eigenvalue weighted by molar-refractivity contribution is 5.41. The smallest absolute Gasteiger partial charge is 0.119 e. The first kappa shape index (κ1) is 13.2. The molecule has 0 amide bonds. The van der Waals surface area contributed by atoms with Crippen LogP contribution in [0.1, 0.15) is 12.8 Å². The highest BCUT2D eigenvalue weighted by Crippen LogP contribution is 2.15. The normalized spacial score (nSPS) is 16.7. The first-order valence-corrected chi connectivity index (χ1v) is 6.48. The van der Waals surface area contributed by atoms with Crippen LogP contribution in [0.5, 0.6) is 5.75 Å². The van der Waals surface area contributed by atoms with E-state index >= 15 is 0 Å². The molecule has 0 spiro atoms. The molecule has 0 aliphatic carbocycles. The van der Waals surface area contributed by atoms with Crippen LogP contribution in [0.3, 0.4) is 0 Å². The molecule has 1 aliphatic heterocycles. The molecule has 1 aromatic carbocycles. The van der Waals surface area contributed by atoms with Gasteiger partial charge in [-0.25, -0.2) is 0 Å². The Hall–Kier alpha value is -1.26. The van der Waals surface area contributed by atoms with Crippen molar-refractivity contribution in [2.24, 2.45) is 5.92 Å². The minimum absolute atomic E-state index is 0.577. The van der Waals surface area contributed by atoms with E-state index in [1.54, 1.807) is 0 Å². The van der Waals surface area contributed by atoms with Crippen LogP contribution in [-0.2, 0) is 9.47 Å². The minimum atomic E-state index is 0.577. The summed E-state index contributed by atoms with van der Waals surface area (Å²) in [4.78, 5) is 0. The number of benzene rings is 1. The zero-order valence-electron chi connectivity index (χ0n) is 10.6. The maximum Gasteiger partial charge on any atom is 0.119 e. The molecule has 2 N–H and O–H groups in total. The molecule has 1 saturated heterocycles. The summed E-state index contributed by atoms with van der Waals surface area (Å²) < 4.78 is 16.5. The Morgan fingerprint density at radius 3 is 2.56 bits per heavy atom. The van der Waals surface area contributed by atoms with E-state index in [1.165, 1.54) is 0 Å². The van der Waals surface area contributed by atoms with Crippen LogP contribution in [-0.4, -0.2) is 33.0 Å². The van der Waals surface area contributed by atoms with Crippen molar-refractivity contribution in [2.45, 2.75) is 12.8 Å². The van der Waals surface area contributed by atoms with Gasteiger partial charge in [0.05, 0.1) is 6.61 Å². The monoisotopic (exact) mass is 251 g/mol. The third kappa shape index (κ3) is 4.55. The lowest BCUT2D eigenvalue weighted by atomic mass is 10.0. The third-order valence-electron chi connectivity index (χ3n) is 3.07. The Morgan fingerprint density at radius 2 is 1.83 bits per heavy atom. The molecule has 4 nitrogen and oxygen atoms in total. The quantitative estimate of drug-likeness (QED) is 0.621.